The number of nitrogens with one attached hydrogen (secondary N) is 1. The first-order valence-electron chi connectivity index (χ1n) is 6.46. The van der Waals surface area contributed by atoms with Gasteiger partial charge in [-0.25, -0.2) is 0 Å². The molecule has 3 heteroatoms. The summed E-state index contributed by atoms with van der Waals surface area (Å²) < 4.78 is 0. The summed E-state index contributed by atoms with van der Waals surface area (Å²) in [5, 5.41) is 12.5. The van der Waals surface area contributed by atoms with Crippen molar-refractivity contribution in [2.24, 2.45) is 0 Å². The summed E-state index contributed by atoms with van der Waals surface area (Å²) in [6, 6.07) is 7.13. The highest BCUT2D eigenvalue weighted by molar-refractivity contribution is 5.47. The number of anilines is 1. The van der Waals surface area contributed by atoms with Crippen molar-refractivity contribution in [3.63, 3.8) is 0 Å². The highest BCUT2D eigenvalue weighted by atomic mass is 16.2. The summed E-state index contributed by atoms with van der Waals surface area (Å²) in [7, 11) is 0. The third-order valence-electron chi connectivity index (χ3n) is 3.53. The Morgan fingerprint density at radius 1 is 1.53 bits per heavy atom. The van der Waals surface area contributed by atoms with E-state index in [-0.39, 0.29) is 6.61 Å². The number of hydrogen-bond donors (Lipinski definition) is 3. The third-order valence-corrected chi connectivity index (χ3v) is 3.53. The molecule has 17 heavy (non-hydrogen) atoms. The number of nitrogen functional groups attached to an aromatic ring is 1. The minimum absolute atomic E-state index is 0.282. The molecule has 1 aromatic rings. The number of aliphatic hydroxyl groups excluding tert-OH is 1. The lowest BCUT2D eigenvalue weighted by Gasteiger charge is -2.20. The van der Waals surface area contributed by atoms with Crippen LogP contribution in [-0.2, 0) is 6.42 Å². The zero-order valence-electron chi connectivity index (χ0n) is 10.4. The summed E-state index contributed by atoms with van der Waals surface area (Å²) >= 11 is 0. The molecule has 2 atom stereocenters. The molecule has 1 aromatic carbocycles. The maximum Gasteiger partial charge on any atom is 0.0431 e. The van der Waals surface area contributed by atoms with Gasteiger partial charge in [-0.2, -0.15) is 0 Å². The Morgan fingerprint density at radius 3 is 3.12 bits per heavy atom. The maximum absolute atomic E-state index is 8.82. The molecule has 2 unspecified atom stereocenters. The maximum atomic E-state index is 8.82. The second-order valence-corrected chi connectivity index (χ2v) is 4.98. The van der Waals surface area contributed by atoms with Gasteiger partial charge in [-0.15, -0.1) is 0 Å². The summed E-state index contributed by atoms with van der Waals surface area (Å²) in [4.78, 5) is 0. The summed E-state index contributed by atoms with van der Waals surface area (Å²) in [6.07, 6.45) is 4.17. The molecule has 0 fully saturated rings. The molecule has 0 spiro atoms. The van der Waals surface area contributed by atoms with Gasteiger partial charge in [-0.1, -0.05) is 6.07 Å². The van der Waals surface area contributed by atoms with Crippen LogP contribution in [-0.4, -0.2) is 17.8 Å². The number of rotatable bonds is 5. The molecule has 0 amide bonds. The van der Waals surface area contributed by atoms with E-state index in [1.807, 2.05) is 6.07 Å². The van der Waals surface area contributed by atoms with Gasteiger partial charge >= 0.3 is 0 Å². The lowest BCUT2D eigenvalue weighted by molar-refractivity contribution is 0.273. The fourth-order valence-corrected chi connectivity index (χ4v) is 2.63. The average molecular weight is 234 g/mol. The number of benzene rings is 1. The molecule has 0 saturated carbocycles. The van der Waals surface area contributed by atoms with E-state index in [2.05, 4.69) is 24.4 Å². The van der Waals surface area contributed by atoms with Crippen LogP contribution in [0, 0.1) is 0 Å². The van der Waals surface area contributed by atoms with Crippen LogP contribution in [0.2, 0.25) is 0 Å². The fourth-order valence-electron chi connectivity index (χ4n) is 2.63. The Morgan fingerprint density at radius 2 is 2.35 bits per heavy atom. The van der Waals surface area contributed by atoms with E-state index in [0.29, 0.717) is 12.1 Å². The Balaban J connectivity index is 1.97. The molecule has 0 aliphatic heterocycles. The monoisotopic (exact) mass is 234 g/mol. The van der Waals surface area contributed by atoms with Gasteiger partial charge in [0.15, 0.2) is 0 Å². The lowest BCUT2D eigenvalue weighted by Crippen LogP contribution is -2.29. The van der Waals surface area contributed by atoms with Gasteiger partial charge in [0.05, 0.1) is 0 Å². The lowest BCUT2D eigenvalue weighted by atomic mass is 10.1. The van der Waals surface area contributed by atoms with E-state index < -0.39 is 0 Å². The smallest absolute Gasteiger partial charge is 0.0431 e. The second kappa shape index (κ2) is 5.52. The third kappa shape index (κ3) is 2.99. The summed E-state index contributed by atoms with van der Waals surface area (Å²) in [5.74, 6) is 0. The first-order valence-corrected chi connectivity index (χ1v) is 6.46. The zero-order chi connectivity index (χ0) is 12.3. The van der Waals surface area contributed by atoms with Crippen molar-refractivity contribution in [3.05, 3.63) is 29.3 Å². The van der Waals surface area contributed by atoms with Crippen molar-refractivity contribution < 1.29 is 5.11 Å². The van der Waals surface area contributed by atoms with Crippen LogP contribution < -0.4 is 11.1 Å². The molecule has 3 nitrogen and oxygen atoms in total. The van der Waals surface area contributed by atoms with Gasteiger partial charge in [0.2, 0.25) is 0 Å². The van der Waals surface area contributed by atoms with Crippen LogP contribution in [0.1, 0.15) is 43.4 Å². The van der Waals surface area contributed by atoms with Gasteiger partial charge in [0.25, 0.3) is 0 Å². The van der Waals surface area contributed by atoms with Crippen LogP contribution in [0.25, 0.3) is 0 Å². The molecule has 0 heterocycles. The summed E-state index contributed by atoms with van der Waals surface area (Å²) in [6.45, 7) is 2.47. The highest BCUT2D eigenvalue weighted by Gasteiger charge is 2.23. The van der Waals surface area contributed by atoms with Crippen molar-refractivity contribution in [3.8, 4) is 0 Å². The van der Waals surface area contributed by atoms with Gasteiger partial charge < -0.3 is 16.2 Å². The van der Waals surface area contributed by atoms with Crippen LogP contribution in [0.3, 0.4) is 0 Å². The van der Waals surface area contributed by atoms with E-state index >= 15 is 0 Å². The van der Waals surface area contributed by atoms with Crippen LogP contribution in [0.5, 0.6) is 0 Å². The van der Waals surface area contributed by atoms with Crippen molar-refractivity contribution in [2.75, 3.05) is 12.3 Å². The molecule has 0 bridgehead atoms. The first-order chi connectivity index (χ1) is 8.20. The highest BCUT2D eigenvalue weighted by Crippen LogP contribution is 2.32. The van der Waals surface area contributed by atoms with E-state index in [1.54, 1.807) is 0 Å². The second-order valence-electron chi connectivity index (χ2n) is 4.98. The first kappa shape index (κ1) is 12.4. The predicted octanol–water partition coefficient (Wildman–Crippen LogP) is 2.01. The Bertz CT molecular complexity index is 378. The van der Waals surface area contributed by atoms with Crippen LogP contribution in [0.15, 0.2) is 18.2 Å². The number of fused-ring (bicyclic) bond motifs is 1. The normalized spacial score (nSPS) is 20.2. The Kier molecular flexibility index (Phi) is 4.02. The van der Waals surface area contributed by atoms with Gasteiger partial charge in [0, 0.05) is 24.4 Å². The molecule has 1 aliphatic rings. The SMILES string of the molecule is CC(CCCO)NC1CCc2cc(N)ccc21. The summed E-state index contributed by atoms with van der Waals surface area (Å²) in [5.41, 5.74) is 9.44. The Labute approximate surface area is 103 Å². The fraction of sp³-hybridized carbons (Fsp3) is 0.571. The van der Waals surface area contributed by atoms with E-state index in [4.69, 9.17) is 10.8 Å². The molecule has 1 aliphatic carbocycles. The number of nitrogens with two attached hydrogens (primary N) is 1. The molecule has 0 saturated heterocycles. The van der Waals surface area contributed by atoms with E-state index in [0.717, 1.165) is 31.4 Å². The van der Waals surface area contributed by atoms with E-state index in [9.17, 15) is 0 Å². The van der Waals surface area contributed by atoms with Crippen molar-refractivity contribution in [2.45, 2.75) is 44.7 Å². The van der Waals surface area contributed by atoms with Crippen LogP contribution >= 0.6 is 0 Å². The van der Waals surface area contributed by atoms with Crippen molar-refractivity contribution in [1.29, 1.82) is 0 Å². The largest absolute Gasteiger partial charge is 0.399 e. The number of hydrogen-bond acceptors (Lipinski definition) is 3. The minimum Gasteiger partial charge on any atom is -0.399 e. The van der Waals surface area contributed by atoms with Crippen molar-refractivity contribution in [1.82, 2.24) is 5.32 Å². The zero-order valence-corrected chi connectivity index (χ0v) is 10.4. The molecule has 94 valence electrons. The Hall–Kier alpha value is -1.06. The molecule has 0 radical (unpaired) electrons. The number of aryl methyl sites for hydroxylation is 1. The van der Waals surface area contributed by atoms with Gasteiger partial charge in [-0.3, -0.25) is 0 Å². The van der Waals surface area contributed by atoms with E-state index in [1.165, 1.54) is 11.1 Å². The van der Waals surface area contributed by atoms with Gasteiger partial charge in [-0.05, 0) is 55.9 Å². The molecule has 4 N–H and O–H groups in total. The predicted molar refractivity (Wildman–Crippen MR) is 70.8 cm³/mol. The van der Waals surface area contributed by atoms with Crippen LogP contribution in [0.4, 0.5) is 5.69 Å². The standard InChI is InChI=1S/C14H22N2O/c1-10(3-2-8-17)16-14-7-4-11-9-12(15)5-6-13(11)14/h5-6,9-10,14,16-17H,2-4,7-8,15H2,1H3. The molecule has 2 rings (SSSR count). The van der Waals surface area contributed by atoms with Gasteiger partial charge in [0.1, 0.15) is 0 Å². The molecule has 0 aromatic heterocycles. The topological polar surface area (TPSA) is 58.3 Å². The molecular weight excluding hydrogens is 212 g/mol. The molecular formula is C14H22N2O. The minimum atomic E-state index is 0.282. The quantitative estimate of drug-likeness (QED) is 0.683. The number of aliphatic hydroxyl groups is 1. The average Bonchev–Trinajstić information content (AvgIpc) is 2.69. The van der Waals surface area contributed by atoms with Crippen molar-refractivity contribution >= 4 is 5.69 Å².